The molecule has 0 N–H and O–H groups in total. The van der Waals surface area contributed by atoms with Crippen LogP contribution < -0.4 is 0 Å². The largest absolute Gasteiger partial charge is 0.285 e. The molecular weight excluding hydrogens is 328 g/mol. The molecule has 2 aliphatic heterocycles. The van der Waals surface area contributed by atoms with Gasteiger partial charge in [0.15, 0.2) is 9.84 Å². The van der Waals surface area contributed by atoms with Gasteiger partial charge in [-0.25, -0.2) is 8.42 Å². The minimum atomic E-state index is -2.92. The maximum absolute atomic E-state index is 11.9. The Balaban J connectivity index is 1.68. The lowest BCUT2D eigenvalue weighted by Crippen LogP contribution is -2.32. The van der Waals surface area contributed by atoms with E-state index in [9.17, 15) is 8.42 Å². The number of hydrogen-bond donors (Lipinski definition) is 0. The van der Waals surface area contributed by atoms with E-state index >= 15 is 0 Å². The smallest absolute Gasteiger partial charge is 0.152 e. The van der Waals surface area contributed by atoms with Crippen molar-refractivity contribution in [3.8, 4) is 0 Å². The molecule has 23 heavy (non-hydrogen) atoms. The second-order valence-electron chi connectivity index (χ2n) is 6.13. The van der Waals surface area contributed by atoms with Crippen molar-refractivity contribution < 1.29 is 8.42 Å². The molecule has 0 bridgehead atoms. The Morgan fingerprint density at radius 2 is 2.00 bits per heavy atom. The van der Waals surface area contributed by atoms with Crippen molar-refractivity contribution in [1.29, 1.82) is 0 Å². The number of rotatable bonds is 3. The molecule has 1 aromatic heterocycles. The van der Waals surface area contributed by atoms with Crippen LogP contribution >= 0.6 is 11.3 Å². The van der Waals surface area contributed by atoms with Crippen LogP contribution in [0.3, 0.4) is 0 Å². The summed E-state index contributed by atoms with van der Waals surface area (Å²) in [6, 6.07) is 12.4. The molecule has 6 heteroatoms. The zero-order valence-corrected chi connectivity index (χ0v) is 14.3. The molecule has 0 amide bonds. The van der Waals surface area contributed by atoms with Crippen LogP contribution in [0.5, 0.6) is 0 Å². The Morgan fingerprint density at radius 1 is 1.17 bits per heavy atom. The van der Waals surface area contributed by atoms with Crippen LogP contribution in [0.4, 0.5) is 0 Å². The van der Waals surface area contributed by atoms with Crippen molar-refractivity contribution in [2.75, 3.05) is 11.5 Å². The molecule has 0 spiro atoms. The second-order valence-corrected chi connectivity index (χ2v) is 9.13. The minimum absolute atomic E-state index is 0.00823. The van der Waals surface area contributed by atoms with Gasteiger partial charge in [0.05, 0.1) is 29.3 Å². The maximum Gasteiger partial charge on any atom is 0.152 e. The van der Waals surface area contributed by atoms with Gasteiger partial charge in [-0.15, -0.1) is 0 Å². The average Bonchev–Trinajstić information content (AvgIpc) is 3.25. The van der Waals surface area contributed by atoms with Gasteiger partial charge < -0.3 is 0 Å². The lowest BCUT2D eigenvalue weighted by atomic mass is 10.00. The summed E-state index contributed by atoms with van der Waals surface area (Å²) >= 11 is 1.67. The monoisotopic (exact) mass is 346 g/mol. The summed E-state index contributed by atoms with van der Waals surface area (Å²) in [6.07, 6.45) is 1.51. The zero-order valence-electron chi connectivity index (χ0n) is 12.6. The zero-order chi connectivity index (χ0) is 15.9. The minimum Gasteiger partial charge on any atom is -0.285 e. The lowest BCUT2D eigenvalue weighted by molar-refractivity contribution is 0.176. The van der Waals surface area contributed by atoms with Crippen molar-refractivity contribution in [1.82, 2.24) is 5.01 Å². The summed E-state index contributed by atoms with van der Waals surface area (Å²) in [5, 5.41) is 11.1. The van der Waals surface area contributed by atoms with E-state index in [2.05, 4.69) is 34.0 Å². The third-order valence-electron chi connectivity index (χ3n) is 4.56. The predicted octanol–water partition coefficient (Wildman–Crippen LogP) is 3.09. The van der Waals surface area contributed by atoms with E-state index in [-0.39, 0.29) is 23.6 Å². The summed E-state index contributed by atoms with van der Waals surface area (Å²) in [7, 11) is -2.92. The first-order valence-corrected chi connectivity index (χ1v) is 10.5. The average molecular weight is 346 g/mol. The highest BCUT2D eigenvalue weighted by atomic mass is 32.2. The highest BCUT2D eigenvalue weighted by Crippen LogP contribution is 2.37. The fourth-order valence-corrected chi connectivity index (χ4v) is 5.80. The third-order valence-corrected chi connectivity index (χ3v) is 7.01. The van der Waals surface area contributed by atoms with Crippen LogP contribution in [0.1, 0.15) is 30.0 Å². The molecule has 0 radical (unpaired) electrons. The SMILES string of the molecule is O=S1(=O)CCC(N2N=C(c3ccccc3)CC2c2ccsc2)C1. The summed E-state index contributed by atoms with van der Waals surface area (Å²) < 4.78 is 23.7. The van der Waals surface area contributed by atoms with Crippen molar-refractivity contribution in [2.24, 2.45) is 5.10 Å². The summed E-state index contributed by atoms with van der Waals surface area (Å²) in [4.78, 5) is 0. The van der Waals surface area contributed by atoms with E-state index < -0.39 is 9.84 Å². The van der Waals surface area contributed by atoms with Crippen LogP contribution in [0.25, 0.3) is 0 Å². The molecule has 2 atom stereocenters. The molecular formula is C17H18N2O2S2. The Labute approximate surface area is 140 Å². The lowest BCUT2D eigenvalue weighted by Gasteiger charge is -2.28. The van der Waals surface area contributed by atoms with Gasteiger partial charge in [-0.1, -0.05) is 30.3 Å². The molecule has 2 unspecified atom stereocenters. The predicted molar refractivity (Wildman–Crippen MR) is 93.6 cm³/mol. The second kappa shape index (κ2) is 5.76. The number of hydrazone groups is 1. The van der Waals surface area contributed by atoms with Crippen LogP contribution in [0, 0.1) is 0 Å². The van der Waals surface area contributed by atoms with Crippen molar-refractivity contribution in [2.45, 2.75) is 24.9 Å². The Kier molecular flexibility index (Phi) is 3.73. The molecule has 4 nitrogen and oxygen atoms in total. The normalized spacial score (nSPS) is 26.4. The highest BCUT2D eigenvalue weighted by Gasteiger charge is 2.39. The van der Waals surface area contributed by atoms with Gasteiger partial charge >= 0.3 is 0 Å². The summed E-state index contributed by atoms with van der Waals surface area (Å²) in [5.74, 6) is 0.500. The molecule has 0 aliphatic carbocycles. The standard InChI is InChI=1S/C17H18N2O2S2/c20-23(21)9-7-15(12-23)19-17(14-6-8-22-11-14)10-16(18-19)13-4-2-1-3-5-13/h1-6,8,11,15,17H,7,9-10,12H2. The van der Waals surface area contributed by atoms with Gasteiger partial charge in [-0.3, -0.25) is 5.01 Å². The Morgan fingerprint density at radius 3 is 2.65 bits per heavy atom. The fraction of sp³-hybridized carbons (Fsp3) is 0.353. The Bertz CT molecular complexity index is 814. The van der Waals surface area contributed by atoms with E-state index in [4.69, 9.17) is 5.10 Å². The van der Waals surface area contributed by atoms with Gasteiger partial charge in [0.2, 0.25) is 0 Å². The third kappa shape index (κ3) is 2.93. The van der Waals surface area contributed by atoms with Gasteiger partial charge in [-0.05, 0) is 34.4 Å². The van der Waals surface area contributed by atoms with Gasteiger partial charge in [0.1, 0.15) is 0 Å². The molecule has 4 rings (SSSR count). The first kappa shape index (κ1) is 14.9. The van der Waals surface area contributed by atoms with Crippen LogP contribution in [-0.4, -0.2) is 36.7 Å². The molecule has 3 heterocycles. The first-order valence-electron chi connectivity index (χ1n) is 7.76. The van der Waals surface area contributed by atoms with Gasteiger partial charge in [0.25, 0.3) is 0 Å². The maximum atomic E-state index is 11.9. The Hall–Kier alpha value is -1.66. The fourth-order valence-electron chi connectivity index (χ4n) is 3.39. The number of thiophene rings is 1. The number of nitrogens with zero attached hydrogens (tertiary/aromatic N) is 2. The highest BCUT2D eigenvalue weighted by molar-refractivity contribution is 7.91. The summed E-state index contributed by atoms with van der Waals surface area (Å²) in [5.41, 5.74) is 3.40. The molecule has 1 aromatic carbocycles. The molecule has 1 fully saturated rings. The van der Waals surface area contributed by atoms with E-state index in [1.807, 2.05) is 18.2 Å². The van der Waals surface area contributed by atoms with Crippen LogP contribution in [-0.2, 0) is 9.84 Å². The van der Waals surface area contributed by atoms with Crippen molar-refractivity contribution in [3.63, 3.8) is 0 Å². The topological polar surface area (TPSA) is 49.7 Å². The number of sulfone groups is 1. The van der Waals surface area contributed by atoms with E-state index in [1.165, 1.54) is 5.56 Å². The van der Waals surface area contributed by atoms with Gasteiger partial charge in [-0.2, -0.15) is 16.4 Å². The summed E-state index contributed by atoms with van der Waals surface area (Å²) in [6.45, 7) is 0. The van der Waals surface area contributed by atoms with Crippen molar-refractivity contribution >= 4 is 26.9 Å². The number of benzene rings is 1. The van der Waals surface area contributed by atoms with Crippen LogP contribution in [0.2, 0.25) is 0 Å². The quantitative estimate of drug-likeness (QED) is 0.858. The molecule has 120 valence electrons. The molecule has 2 aromatic rings. The molecule has 2 aliphatic rings. The van der Waals surface area contributed by atoms with Gasteiger partial charge in [0, 0.05) is 6.42 Å². The number of hydrogen-bond acceptors (Lipinski definition) is 5. The van der Waals surface area contributed by atoms with Crippen LogP contribution in [0.15, 0.2) is 52.3 Å². The van der Waals surface area contributed by atoms with Crippen molar-refractivity contribution in [3.05, 3.63) is 58.3 Å². The molecule has 0 saturated carbocycles. The molecule has 1 saturated heterocycles. The van der Waals surface area contributed by atoms with E-state index in [0.717, 1.165) is 17.7 Å². The first-order chi connectivity index (χ1) is 11.1. The van der Waals surface area contributed by atoms with E-state index in [1.54, 1.807) is 11.3 Å². The van der Waals surface area contributed by atoms with E-state index in [0.29, 0.717) is 6.42 Å².